The zero-order chi connectivity index (χ0) is 29.5. The first-order valence-corrected chi connectivity index (χ1v) is 15.5. The number of anilines is 3. The second-order valence-corrected chi connectivity index (χ2v) is 12.1. The Kier molecular flexibility index (Phi) is 4.95. The number of furan rings is 1. The van der Waals surface area contributed by atoms with E-state index >= 15 is 0 Å². The van der Waals surface area contributed by atoms with Gasteiger partial charge in [0.05, 0.1) is 5.41 Å². The fourth-order valence-corrected chi connectivity index (χ4v) is 8.10. The van der Waals surface area contributed by atoms with Gasteiger partial charge >= 0.3 is 0 Å². The average molecular weight is 574 g/mol. The molecule has 2 nitrogen and oxygen atoms in total. The van der Waals surface area contributed by atoms with E-state index in [1.54, 1.807) is 0 Å². The lowest BCUT2D eigenvalue weighted by Crippen LogP contribution is -2.26. The summed E-state index contributed by atoms with van der Waals surface area (Å²) >= 11 is 0. The van der Waals surface area contributed by atoms with Crippen molar-refractivity contribution in [3.05, 3.63) is 186 Å². The van der Waals surface area contributed by atoms with Gasteiger partial charge in [-0.15, -0.1) is 0 Å². The third-order valence-corrected chi connectivity index (χ3v) is 9.87. The highest BCUT2D eigenvalue weighted by Crippen LogP contribution is 2.63. The van der Waals surface area contributed by atoms with E-state index in [0.29, 0.717) is 0 Å². The minimum absolute atomic E-state index is 0.387. The molecule has 0 unspecified atom stereocenters. The predicted molar refractivity (Wildman–Crippen MR) is 185 cm³/mol. The number of nitrogens with zero attached hydrogens (tertiary/aromatic N) is 1. The van der Waals surface area contributed by atoms with Crippen molar-refractivity contribution < 1.29 is 4.42 Å². The van der Waals surface area contributed by atoms with Crippen molar-refractivity contribution in [3.8, 4) is 22.3 Å². The summed E-state index contributed by atoms with van der Waals surface area (Å²) in [5.41, 5.74) is 15.4. The Balaban J connectivity index is 1.26. The molecule has 45 heavy (non-hydrogen) atoms. The molecule has 0 saturated heterocycles. The van der Waals surface area contributed by atoms with Gasteiger partial charge in [0.25, 0.3) is 0 Å². The van der Waals surface area contributed by atoms with E-state index < -0.39 is 0 Å². The maximum atomic E-state index is 6.21. The molecular formula is C43H27NO. The highest BCUT2D eigenvalue weighted by molar-refractivity contribution is 6.06. The normalized spacial score (nSPS) is 13.5. The molecule has 8 aromatic rings. The van der Waals surface area contributed by atoms with Crippen LogP contribution in [-0.2, 0) is 5.41 Å². The van der Waals surface area contributed by atoms with Crippen molar-refractivity contribution in [2.24, 2.45) is 0 Å². The maximum absolute atomic E-state index is 6.21. The summed E-state index contributed by atoms with van der Waals surface area (Å²) in [5.74, 6) is 0. The van der Waals surface area contributed by atoms with Crippen molar-refractivity contribution in [2.75, 3.05) is 4.90 Å². The maximum Gasteiger partial charge on any atom is 0.135 e. The molecule has 2 heteroatoms. The number of fused-ring (bicyclic) bond motifs is 13. The quantitative estimate of drug-likeness (QED) is 0.209. The molecule has 0 N–H and O–H groups in total. The zero-order valence-corrected chi connectivity index (χ0v) is 24.4. The molecule has 0 fully saturated rings. The van der Waals surface area contributed by atoms with Crippen LogP contribution in [0.4, 0.5) is 17.1 Å². The van der Waals surface area contributed by atoms with Gasteiger partial charge < -0.3 is 9.32 Å². The summed E-state index contributed by atoms with van der Waals surface area (Å²) < 4.78 is 6.21. The van der Waals surface area contributed by atoms with E-state index in [-0.39, 0.29) is 5.41 Å². The van der Waals surface area contributed by atoms with Crippen molar-refractivity contribution in [2.45, 2.75) is 5.41 Å². The van der Waals surface area contributed by atoms with Gasteiger partial charge in [-0.1, -0.05) is 115 Å². The van der Waals surface area contributed by atoms with Crippen LogP contribution in [0.25, 0.3) is 44.2 Å². The Morgan fingerprint density at radius 2 is 0.867 bits per heavy atom. The standard InChI is InChI=1S/C43H27NO/c1-2-12-28(13-3-1)44(29-23-25-42-36(26-29)35-17-7-11-21-41(35)45-42)30-22-24-34-33-16-6-10-20-39(33)43(40(34)27-30)37-18-8-4-14-31(37)32-15-5-9-19-38(32)43/h1-27H. The summed E-state index contributed by atoms with van der Waals surface area (Å²) in [7, 11) is 0. The lowest BCUT2D eigenvalue weighted by Gasteiger charge is -2.32. The molecule has 0 atom stereocenters. The SMILES string of the molecule is c1ccc(N(c2ccc3c(c2)C2(c4ccccc4-c4ccccc42)c2ccccc2-3)c2ccc3oc4ccccc4c3c2)cc1. The molecular weight excluding hydrogens is 546 g/mol. The molecule has 0 amide bonds. The lowest BCUT2D eigenvalue weighted by molar-refractivity contribution is 0.669. The molecule has 1 heterocycles. The predicted octanol–water partition coefficient (Wildman–Crippen LogP) is 11.4. The fourth-order valence-electron chi connectivity index (χ4n) is 8.10. The summed E-state index contributed by atoms with van der Waals surface area (Å²) in [6.45, 7) is 0. The first kappa shape index (κ1) is 24.6. The van der Waals surface area contributed by atoms with Crippen molar-refractivity contribution in [1.29, 1.82) is 0 Å². The number of rotatable bonds is 3. The molecule has 0 saturated carbocycles. The summed E-state index contributed by atoms with van der Waals surface area (Å²) in [4.78, 5) is 2.38. The highest BCUT2D eigenvalue weighted by Gasteiger charge is 2.51. The largest absolute Gasteiger partial charge is 0.456 e. The van der Waals surface area contributed by atoms with Crippen LogP contribution in [0.1, 0.15) is 22.3 Å². The van der Waals surface area contributed by atoms with Gasteiger partial charge in [-0.05, 0) is 93.0 Å². The second kappa shape index (κ2) is 9.07. The summed E-state index contributed by atoms with van der Waals surface area (Å²) in [6.07, 6.45) is 0. The minimum atomic E-state index is -0.387. The Labute approximate surface area is 261 Å². The van der Waals surface area contributed by atoms with Crippen LogP contribution in [0.15, 0.2) is 168 Å². The van der Waals surface area contributed by atoms with Crippen LogP contribution in [0.3, 0.4) is 0 Å². The minimum Gasteiger partial charge on any atom is -0.456 e. The van der Waals surface area contributed by atoms with Crippen LogP contribution >= 0.6 is 0 Å². The highest BCUT2D eigenvalue weighted by atomic mass is 16.3. The number of hydrogen-bond acceptors (Lipinski definition) is 2. The van der Waals surface area contributed by atoms with Crippen LogP contribution < -0.4 is 4.90 Å². The van der Waals surface area contributed by atoms with Gasteiger partial charge in [-0.3, -0.25) is 0 Å². The van der Waals surface area contributed by atoms with E-state index in [1.165, 1.54) is 44.5 Å². The topological polar surface area (TPSA) is 16.4 Å². The number of benzene rings is 7. The van der Waals surface area contributed by atoms with Crippen molar-refractivity contribution in [3.63, 3.8) is 0 Å². The van der Waals surface area contributed by atoms with Crippen LogP contribution in [-0.4, -0.2) is 0 Å². The molecule has 1 aromatic heterocycles. The Morgan fingerprint density at radius 3 is 1.56 bits per heavy atom. The molecule has 2 aliphatic rings. The van der Waals surface area contributed by atoms with Gasteiger partial charge in [0.15, 0.2) is 0 Å². The third-order valence-electron chi connectivity index (χ3n) is 9.87. The fraction of sp³-hybridized carbons (Fsp3) is 0.0233. The van der Waals surface area contributed by atoms with Gasteiger partial charge in [0.1, 0.15) is 11.2 Å². The first-order chi connectivity index (χ1) is 22.3. The Morgan fingerprint density at radius 1 is 0.356 bits per heavy atom. The van der Waals surface area contributed by atoms with Crippen LogP contribution in [0.5, 0.6) is 0 Å². The average Bonchev–Trinajstić information content (AvgIpc) is 3.73. The molecule has 7 aromatic carbocycles. The van der Waals surface area contributed by atoms with Crippen LogP contribution in [0, 0.1) is 0 Å². The van der Waals surface area contributed by atoms with Crippen LogP contribution in [0.2, 0.25) is 0 Å². The van der Waals surface area contributed by atoms with Gasteiger partial charge in [0.2, 0.25) is 0 Å². The van der Waals surface area contributed by atoms with Gasteiger partial charge in [-0.2, -0.15) is 0 Å². The summed E-state index contributed by atoms with van der Waals surface area (Å²) in [6, 6.07) is 59.5. The van der Waals surface area contributed by atoms with Gasteiger partial charge in [-0.25, -0.2) is 0 Å². The second-order valence-electron chi connectivity index (χ2n) is 12.1. The molecule has 0 aliphatic heterocycles. The molecule has 10 rings (SSSR count). The van der Waals surface area contributed by atoms with Crippen molar-refractivity contribution >= 4 is 39.0 Å². The molecule has 1 spiro atoms. The first-order valence-electron chi connectivity index (χ1n) is 15.5. The van der Waals surface area contributed by atoms with Crippen molar-refractivity contribution in [1.82, 2.24) is 0 Å². The van der Waals surface area contributed by atoms with E-state index in [2.05, 4.69) is 157 Å². The smallest absolute Gasteiger partial charge is 0.135 e. The van der Waals surface area contributed by atoms with E-state index in [4.69, 9.17) is 4.42 Å². The molecule has 210 valence electrons. The Bertz CT molecular complexity index is 2390. The molecule has 0 radical (unpaired) electrons. The summed E-state index contributed by atoms with van der Waals surface area (Å²) in [5, 5.41) is 2.25. The van der Waals surface area contributed by atoms with E-state index in [1.807, 2.05) is 12.1 Å². The van der Waals surface area contributed by atoms with E-state index in [9.17, 15) is 0 Å². The van der Waals surface area contributed by atoms with Gasteiger partial charge in [0, 0.05) is 27.8 Å². The zero-order valence-electron chi connectivity index (χ0n) is 24.4. The Hall–Kier alpha value is -5.86. The third kappa shape index (κ3) is 3.23. The van der Waals surface area contributed by atoms with E-state index in [0.717, 1.165) is 39.0 Å². The lowest BCUT2D eigenvalue weighted by atomic mass is 9.70. The monoisotopic (exact) mass is 573 g/mol. The molecule has 2 aliphatic carbocycles. The molecule has 0 bridgehead atoms. The number of hydrogen-bond donors (Lipinski definition) is 0. The number of para-hydroxylation sites is 2.